The van der Waals surface area contributed by atoms with Crippen molar-refractivity contribution in [1.82, 2.24) is 5.32 Å². The average molecular weight is 189 g/mol. The maximum absolute atomic E-state index is 8.28. The molecule has 4 N–H and O–H groups in total. The van der Waals surface area contributed by atoms with Crippen LogP contribution in [0.3, 0.4) is 0 Å². The van der Waals surface area contributed by atoms with Crippen LogP contribution in [0, 0.1) is 0 Å². The number of nitrogens with two attached hydrogens (primary N) is 1. The van der Waals surface area contributed by atoms with Crippen molar-refractivity contribution in [1.29, 1.82) is 0 Å². The zero-order chi connectivity index (χ0) is 10.3. The predicted molar refractivity (Wildman–Crippen MR) is 52.0 cm³/mol. The van der Waals surface area contributed by atoms with Gasteiger partial charge >= 0.3 is 0 Å². The first-order valence-corrected chi connectivity index (χ1v) is 4.22. The molecule has 0 aromatic heterocycles. The molecule has 13 heavy (non-hydrogen) atoms. The van der Waals surface area contributed by atoms with E-state index >= 15 is 0 Å². The molecule has 0 aliphatic carbocycles. The molecule has 0 saturated carbocycles. The van der Waals surface area contributed by atoms with Crippen molar-refractivity contribution < 1.29 is 9.94 Å². The van der Waals surface area contributed by atoms with Crippen molar-refractivity contribution in [2.75, 3.05) is 20.3 Å². The summed E-state index contributed by atoms with van der Waals surface area (Å²) in [6.07, 6.45) is 0.531. The molecule has 0 unspecified atom stereocenters. The summed E-state index contributed by atoms with van der Waals surface area (Å²) in [5, 5.41) is 14.4. The van der Waals surface area contributed by atoms with Crippen molar-refractivity contribution in [3.8, 4) is 0 Å². The topological polar surface area (TPSA) is 79.9 Å². The van der Waals surface area contributed by atoms with Gasteiger partial charge in [0.25, 0.3) is 0 Å². The van der Waals surface area contributed by atoms with Gasteiger partial charge in [0.2, 0.25) is 0 Å². The molecular weight excluding hydrogens is 170 g/mol. The third-order valence-electron chi connectivity index (χ3n) is 1.62. The lowest BCUT2D eigenvalue weighted by molar-refractivity contribution is 0.129. The molecule has 5 nitrogen and oxygen atoms in total. The van der Waals surface area contributed by atoms with E-state index in [1.807, 2.05) is 13.8 Å². The smallest absolute Gasteiger partial charge is 0.140 e. The molecule has 78 valence electrons. The highest BCUT2D eigenvalue weighted by Gasteiger charge is 2.15. The van der Waals surface area contributed by atoms with Gasteiger partial charge in [-0.15, -0.1) is 0 Å². The fraction of sp³-hybridized carbons (Fsp3) is 0.875. The summed E-state index contributed by atoms with van der Waals surface area (Å²) in [5.74, 6) is 0.237. The van der Waals surface area contributed by atoms with E-state index in [0.717, 1.165) is 0 Å². The molecule has 0 aliphatic rings. The highest BCUT2D eigenvalue weighted by atomic mass is 16.5. The van der Waals surface area contributed by atoms with Crippen LogP contribution in [-0.2, 0) is 4.74 Å². The van der Waals surface area contributed by atoms with E-state index in [1.165, 1.54) is 0 Å². The van der Waals surface area contributed by atoms with Crippen LogP contribution in [0.1, 0.15) is 20.3 Å². The maximum atomic E-state index is 8.28. The first-order valence-electron chi connectivity index (χ1n) is 4.22. The van der Waals surface area contributed by atoms with E-state index in [2.05, 4.69) is 10.5 Å². The number of hydrogen-bond donors (Lipinski definition) is 3. The summed E-state index contributed by atoms with van der Waals surface area (Å²) >= 11 is 0. The molecule has 0 heterocycles. The third-order valence-corrected chi connectivity index (χ3v) is 1.62. The van der Waals surface area contributed by atoms with Gasteiger partial charge in [-0.2, -0.15) is 0 Å². The molecule has 0 fully saturated rings. The second kappa shape index (κ2) is 5.77. The van der Waals surface area contributed by atoms with Gasteiger partial charge < -0.3 is 21.0 Å². The number of nitrogens with one attached hydrogen (secondary N) is 1. The van der Waals surface area contributed by atoms with Crippen LogP contribution in [0.5, 0.6) is 0 Å². The summed E-state index contributed by atoms with van der Waals surface area (Å²) in [7, 11) is 1.66. The second-order valence-electron chi connectivity index (χ2n) is 3.59. The van der Waals surface area contributed by atoms with Gasteiger partial charge in [0, 0.05) is 25.6 Å². The largest absolute Gasteiger partial charge is 0.409 e. The van der Waals surface area contributed by atoms with Crippen molar-refractivity contribution in [3.63, 3.8) is 0 Å². The molecule has 0 spiro atoms. The van der Waals surface area contributed by atoms with Gasteiger partial charge in [0.1, 0.15) is 5.84 Å². The van der Waals surface area contributed by atoms with E-state index in [4.69, 9.17) is 15.7 Å². The Kier molecular flexibility index (Phi) is 5.41. The summed E-state index contributed by atoms with van der Waals surface area (Å²) in [6, 6.07) is 0. The van der Waals surface area contributed by atoms with Crippen LogP contribution in [0.25, 0.3) is 0 Å². The first-order chi connectivity index (χ1) is 6.02. The van der Waals surface area contributed by atoms with Gasteiger partial charge in [0.15, 0.2) is 0 Å². The Labute approximate surface area is 78.9 Å². The fourth-order valence-corrected chi connectivity index (χ4v) is 0.991. The highest BCUT2D eigenvalue weighted by Crippen LogP contribution is 2.01. The zero-order valence-electron chi connectivity index (χ0n) is 8.50. The normalized spacial score (nSPS) is 13.3. The Balaban J connectivity index is 3.63. The molecule has 0 bridgehead atoms. The van der Waals surface area contributed by atoms with Gasteiger partial charge in [-0.3, -0.25) is 0 Å². The molecule has 5 heteroatoms. The van der Waals surface area contributed by atoms with E-state index < -0.39 is 0 Å². The first kappa shape index (κ1) is 12.2. The van der Waals surface area contributed by atoms with Crippen molar-refractivity contribution in [2.45, 2.75) is 25.8 Å². The van der Waals surface area contributed by atoms with Crippen LogP contribution in [0.4, 0.5) is 0 Å². The molecule has 0 saturated heterocycles. The Morgan fingerprint density at radius 2 is 2.23 bits per heavy atom. The van der Waals surface area contributed by atoms with Gasteiger partial charge in [-0.25, -0.2) is 0 Å². The van der Waals surface area contributed by atoms with Crippen molar-refractivity contribution >= 4 is 5.84 Å². The van der Waals surface area contributed by atoms with E-state index in [1.54, 1.807) is 7.11 Å². The van der Waals surface area contributed by atoms with E-state index in [-0.39, 0.29) is 11.4 Å². The number of nitrogens with zero attached hydrogens (tertiary/aromatic N) is 1. The molecule has 0 radical (unpaired) electrons. The van der Waals surface area contributed by atoms with Crippen LogP contribution in [-0.4, -0.2) is 36.8 Å². The number of rotatable bonds is 6. The number of amidine groups is 1. The minimum absolute atomic E-state index is 0.0789. The van der Waals surface area contributed by atoms with Crippen LogP contribution >= 0.6 is 0 Å². The summed E-state index contributed by atoms with van der Waals surface area (Å²) < 4.78 is 5.02. The minimum Gasteiger partial charge on any atom is -0.409 e. The lowest BCUT2D eigenvalue weighted by Crippen LogP contribution is -2.44. The monoisotopic (exact) mass is 189 g/mol. The fourth-order valence-electron chi connectivity index (χ4n) is 0.991. The Morgan fingerprint density at radius 1 is 1.62 bits per heavy atom. The molecule has 0 amide bonds. The minimum atomic E-state index is -0.0789. The van der Waals surface area contributed by atoms with Gasteiger partial charge in [-0.05, 0) is 13.8 Å². The average Bonchev–Trinajstić information content (AvgIpc) is 2.03. The standard InChI is InChI=1S/C8H19N3O2/c1-8(2,6-13-3)10-5-4-7(9)11-12/h10,12H,4-6H2,1-3H3,(H2,9,11). The van der Waals surface area contributed by atoms with E-state index in [9.17, 15) is 0 Å². The number of oxime groups is 1. The molecule has 0 rings (SSSR count). The summed E-state index contributed by atoms with van der Waals surface area (Å²) in [6.45, 7) is 5.36. The molecule has 0 aromatic rings. The third kappa shape index (κ3) is 6.36. The van der Waals surface area contributed by atoms with Crippen molar-refractivity contribution in [3.05, 3.63) is 0 Å². The number of methoxy groups -OCH3 is 1. The maximum Gasteiger partial charge on any atom is 0.140 e. The number of hydrogen-bond acceptors (Lipinski definition) is 4. The Morgan fingerprint density at radius 3 is 2.69 bits per heavy atom. The lowest BCUT2D eigenvalue weighted by atomic mass is 10.1. The van der Waals surface area contributed by atoms with E-state index in [0.29, 0.717) is 19.6 Å². The van der Waals surface area contributed by atoms with Crippen LogP contribution in [0.2, 0.25) is 0 Å². The van der Waals surface area contributed by atoms with Gasteiger partial charge in [-0.1, -0.05) is 5.16 Å². The SMILES string of the molecule is COCC(C)(C)NCCC(N)=NO. The summed E-state index contributed by atoms with van der Waals surface area (Å²) in [4.78, 5) is 0. The summed E-state index contributed by atoms with van der Waals surface area (Å²) in [5.41, 5.74) is 5.23. The zero-order valence-corrected chi connectivity index (χ0v) is 8.50. The second-order valence-corrected chi connectivity index (χ2v) is 3.59. The van der Waals surface area contributed by atoms with Crippen molar-refractivity contribution in [2.24, 2.45) is 10.9 Å². The van der Waals surface area contributed by atoms with Gasteiger partial charge in [0.05, 0.1) is 6.61 Å². The molecule has 0 aromatic carbocycles. The van der Waals surface area contributed by atoms with Crippen LogP contribution in [0.15, 0.2) is 5.16 Å². The predicted octanol–water partition coefficient (Wildman–Crippen LogP) is 0.138. The Hall–Kier alpha value is -0.810. The molecular formula is C8H19N3O2. The number of ether oxygens (including phenoxy) is 1. The quantitative estimate of drug-likeness (QED) is 0.240. The highest BCUT2D eigenvalue weighted by molar-refractivity contribution is 5.79. The Bertz CT molecular complexity index is 169. The lowest BCUT2D eigenvalue weighted by Gasteiger charge is -2.25. The molecule has 0 aliphatic heterocycles. The molecule has 0 atom stereocenters. The van der Waals surface area contributed by atoms with Crippen LogP contribution < -0.4 is 11.1 Å².